The molecule has 3 N–H and O–H groups in total. The van der Waals surface area contributed by atoms with Gasteiger partial charge in [-0.25, -0.2) is 0 Å². The molecule has 0 atom stereocenters. The van der Waals surface area contributed by atoms with Crippen molar-refractivity contribution in [2.24, 2.45) is 5.73 Å². The van der Waals surface area contributed by atoms with Gasteiger partial charge in [-0.2, -0.15) is 0 Å². The summed E-state index contributed by atoms with van der Waals surface area (Å²) in [4.78, 5) is 34.6. The van der Waals surface area contributed by atoms with Crippen molar-refractivity contribution in [3.63, 3.8) is 0 Å². The summed E-state index contributed by atoms with van der Waals surface area (Å²) in [6.07, 6.45) is 0. The third kappa shape index (κ3) is 3.44. The largest absolute Gasteiger partial charge is 0.508 e. The second kappa shape index (κ2) is 6.00. The first-order valence-corrected chi connectivity index (χ1v) is 5.80. The second-order valence-corrected chi connectivity index (χ2v) is 4.45. The number of primary amides is 1. The molecule has 0 unspecified atom stereocenters. The lowest BCUT2D eigenvalue weighted by molar-refractivity contribution is -0.385. The molecular weight excluding hydrogens is 266 g/mol. The molecule has 0 spiro atoms. The fourth-order valence-electron chi connectivity index (χ4n) is 1.67. The van der Waals surface area contributed by atoms with Crippen LogP contribution in [0, 0.1) is 10.1 Å². The summed E-state index contributed by atoms with van der Waals surface area (Å²) in [5.74, 6) is -1.74. The minimum atomic E-state index is -0.735. The van der Waals surface area contributed by atoms with Crippen LogP contribution >= 0.6 is 0 Å². The van der Waals surface area contributed by atoms with Crippen LogP contribution in [-0.4, -0.2) is 39.3 Å². The van der Waals surface area contributed by atoms with Gasteiger partial charge >= 0.3 is 0 Å². The highest BCUT2D eigenvalue weighted by molar-refractivity contribution is 6.00. The van der Waals surface area contributed by atoms with Gasteiger partial charge in [-0.3, -0.25) is 19.7 Å². The van der Waals surface area contributed by atoms with E-state index in [1.54, 1.807) is 13.8 Å². The number of nitro benzene ring substituents is 1. The Bertz CT molecular complexity index is 556. The summed E-state index contributed by atoms with van der Waals surface area (Å²) in [6.45, 7) is 2.94. The van der Waals surface area contributed by atoms with Gasteiger partial charge in [0.05, 0.1) is 11.5 Å². The Morgan fingerprint density at radius 1 is 1.45 bits per heavy atom. The standard InChI is InChI=1S/C12H15N3O5/c1-7(2)14(6-11(13)17)12(18)9-5-8(16)3-4-10(9)15(19)20/h3-5,7,16H,6H2,1-2H3,(H2,13,17). The van der Waals surface area contributed by atoms with Crippen molar-refractivity contribution in [1.82, 2.24) is 4.90 Å². The summed E-state index contributed by atoms with van der Waals surface area (Å²) >= 11 is 0. The number of phenolic OH excluding ortho intramolecular Hbond substituents is 1. The van der Waals surface area contributed by atoms with Crippen LogP contribution in [0.15, 0.2) is 18.2 Å². The van der Waals surface area contributed by atoms with E-state index in [-0.39, 0.29) is 23.9 Å². The number of carbonyl (C=O) groups is 2. The van der Waals surface area contributed by atoms with Crippen molar-refractivity contribution >= 4 is 17.5 Å². The number of nitrogens with two attached hydrogens (primary N) is 1. The molecule has 8 nitrogen and oxygen atoms in total. The van der Waals surface area contributed by atoms with E-state index < -0.39 is 22.4 Å². The predicted molar refractivity (Wildman–Crippen MR) is 70.1 cm³/mol. The molecule has 0 saturated carbocycles. The lowest BCUT2D eigenvalue weighted by Crippen LogP contribution is -2.42. The average molecular weight is 281 g/mol. The van der Waals surface area contributed by atoms with Gasteiger partial charge in [-0.1, -0.05) is 0 Å². The zero-order chi connectivity index (χ0) is 15.4. The van der Waals surface area contributed by atoms with Crippen molar-refractivity contribution in [3.05, 3.63) is 33.9 Å². The Morgan fingerprint density at radius 2 is 2.05 bits per heavy atom. The summed E-state index contributed by atoms with van der Waals surface area (Å²) < 4.78 is 0. The number of phenols is 1. The lowest BCUT2D eigenvalue weighted by atomic mass is 10.1. The van der Waals surface area contributed by atoms with Crippen molar-refractivity contribution in [1.29, 1.82) is 0 Å². The van der Waals surface area contributed by atoms with Gasteiger partial charge in [0, 0.05) is 12.1 Å². The van der Waals surface area contributed by atoms with E-state index in [2.05, 4.69) is 0 Å². The molecular formula is C12H15N3O5. The smallest absolute Gasteiger partial charge is 0.282 e. The average Bonchev–Trinajstić information content (AvgIpc) is 2.34. The minimum absolute atomic E-state index is 0.276. The number of aromatic hydroxyl groups is 1. The SMILES string of the molecule is CC(C)N(CC(N)=O)C(=O)c1cc(O)ccc1[N+](=O)[O-]. The number of rotatable bonds is 5. The van der Waals surface area contributed by atoms with Crippen LogP contribution in [0.3, 0.4) is 0 Å². The summed E-state index contributed by atoms with van der Waals surface area (Å²) in [5, 5.41) is 20.3. The first-order valence-electron chi connectivity index (χ1n) is 5.80. The quantitative estimate of drug-likeness (QED) is 0.604. The minimum Gasteiger partial charge on any atom is -0.508 e. The number of amides is 2. The number of nitro groups is 1. The van der Waals surface area contributed by atoms with E-state index in [0.717, 1.165) is 23.1 Å². The third-order valence-electron chi connectivity index (χ3n) is 2.62. The van der Waals surface area contributed by atoms with Crippen molar-refractivity contribution in [2.75, 3.05) is 6.54 Å². The fraction of sp³-hybridized carbons (Fsp3) is 0.333. The zero-order valence-electron chi connectivity index (χ0n) is 11.1. The Morgan fingerprint density at radius 3 is 2.50 bits per heavy atom. The molecule has 0 saturated heterocycles. The van der Waals surface area contributed by atoms with Crippen LogP contribution < -0.4 is 5.73 Å². The van der Waals surface area contributed by atoms with E-state index in [9.17, 15) is 24.8 Å². The molecule has 1 aromatic rings. The maximum absolute atomic E-state index is 12.3. The third-order valence-corrected chi connectivity index (χ3v) is 2.62. The Kier molecular flexibility index (Phi) is 4.63. The normalized spacial score (nSPS) is 10.3. The first kappa shape index (κ1) is 15.4. The number of hydrogen-bond acceptors (Lipinski definition) is 5. The molecule has 108 valence electrons. The monoisotopic (exact) mass is 281 g/mol. The number of benzene rings is 1. The van der Waals surface area contributed by atoms with E-state index in [4.69, 9.17) is 5.73 Å². The first-order chi connectivity index (χ1) is 9.23. The van der Waals surface area contributed by atoms with Gasteiger partial charge in [0.25, 0.3) is 11.6 Å². The highest BCUT2D eigenvalue weighted by Gasteiger charge is 2.27. The van der Waals surface area contributed by atoms with Crippen molar-refractivity contribution in [2.45, 2.75) is 19.9 Å². The Balaban J connectivity index is 3.27. The molecule has 0 aromatic heterocycles. The van der Waals surface area contributed by atoms with E-state index in [0.29, 0.717) is 0 Å². The topological polar surface area (TPSA) is 127 Å². The Hall–Kier alpha value is -2.64. The van der Waals surface area contributed by atoms with Gasteiger partial charge in [0.15, 0.2) is 0 Å². The van der Waals surface area contributed by atoms with Gasteiger partial charge in [-0.15, -0.1) is 0 Å². The molecule has 0 radical (unpaired) electrons. The van der Waals surface area contributed by atoms with Crippen LogP contribution in [0.1, 0.15) is 24.2 Å². The maximum Gasteiger partial charge on any atom is 0.282 e. The molecule has 8 heteroatoms. The van der Waals surface area contributed by atoms with E-state index in [1.807, 2.05) is 0 Å². The molecule has 0 aliphatic carbocycles. The lowest BCUT2D eigenvalue weighted by Gasteiger charge is -2.25. The van der Waals surface area contributed by atoms with Gasteiger partial charge in [-0.05, 0) is 26.0 Å². The maximum atomic E-state index is 12.3. The van der Waals surface area contributed by atoms with Crippen LogP contribution in [0.4, 0.5) is 5.69 Å². The van der Waals surface area contributed by atoms with E-state index in [1.165, 1.54) is 0 Å². The summed E-state index contributed by atoms with van der Waals surface area (Å²) in [7, 11) is 0. The summed E-state index contributed by atoms with van der Waals surface area (Å²) in [6, 6.07) is 2.77. The molecule has 0 heterocycles. The molecule has 0 bridgehead atoms. The van der Waals surface area contributed by atoms with Gasteiger partial charge < -0.3 is 15.7 Å². The molecule has 1 aromatic carbocycles. The molecule has 0 fully saturated rings. The van der Waals surface area contributed by atoms with Gasteiger partial charge in [0.1, 0.15) is 11.3 Å². The molecule has 0 aliphatic heterocycles. The molecule has 20 heavy (non-hydrogen) atoms. The predicted octanol–water partition coefficient (Wildman–Crippen LogP) is 0.636. The zero-order valence-corrected chi connectivity index (χ0v) is 11.1. The number of carbonyl (C=O) groups excluding carboxylic acids is 2. The molecule has 2 amide bonds. The highest BCUT2D eigenvalue weighted by atomic mass is 16.6. The number of hydrogen-bond donors (Lipinski definition) is 2. The molecule has 1 rings (SSSR count). The van der Waals surface area contributed by atoms with Crippen molar-refractivity contribution in [3.8, 4) is 5.75 Å². The number of nitrogens with zero attached hydrogens (tertiary/aromatic N) is 2. The highest BCUT2D eigenvalue weighted by Crippen LogP contribution is 2.25. The van der Waals surface area contributed by atoms with Crippen LogP contribution in [0.2, 0.25) is 0 Å². The summed E-state index contributed by atoms with van der Waals surface area (Å²) in [5.41, 5.74) is 4.33. The van der Waals surface area contributed by atoms with E-state index >= 15 is 0 Å². The second-order valence-electron chi connectivity index (χ2n) is 4.45. The van der Waals surface area contributed by atoms with Crippen LogP contribution in [0.5, 0.6) is 5.75 Å². The van der Waals surface area contributed by atoms with Crippen LogP contribution in [0.25, 0.3) is 0 Å². The van der Waals surface area contributed by atoms with Crippen molar-refractivity contribution < 1.29 is 19.6 Å². The van der Waals surface area contributed by atoms with Crippen LogP contribution in [-0.2, 0) is 4.79 Å². The molecule has 0 aliphatic rings. The van der Waals surface area contributed by atoms with Gasteiger partial charge in [0.2, 0.25) is 5.91 Å². The Labute approximate surface area is 114 Å². The fourth-order valence-corrected chi connectivity index (χ4v) is 1.67.